The van der Waals surface area contributed by atoms with Gasteiger partial charge in [0.15, 0.2) is 9.84 Å². The highest BCUT2D eigenvalue weighted by atomic mass is 32.2. The van der Waals surface area contributed by atoms with Crippen LogP contribution in [0.4, 0.5) is 0 Å². The summed E-state index contributed by atoms with van der Waals surface area (Å²) >= 11 is 1.72. The monoisotopic (exact) mass is 302 g/mol. The zero-order valence-electron chi connectivity index (χ0n) is 10.8. The Labute approximate surface area is 118 Å². The van der Waals surface area contributed by atoms with Crippen LogP contribution in [0.25, 0.3) is 0 Å². The number of hydrogen-bond donors (Lipinski definition) is 1. The van der Waals surface area contributed by atoms with Crippen molar-refractivity contribution in [3.63, 3.8) is 0 Å². The third-order valence-corrected chi connectivity index (χ3v) is 5.35. The number of hydrogen-bond acceptors (Lipinski definition) is 4. The Bertz CT molecular complexity index is 506. The van der Waals surface area contributed by atoms with Crippen LogP contribution in [-0.4, -0.2) is 36.8 Å². The molecule has 0 aromatic heterocycles. The molecule has 106 valence electrons. The van der Waals surface area contributed by atoms with Crippen molar-refractivity contribution >= 4 is 27.6 Å². The van der Waals surface area contributed by atoms with Gasteiger partial charge in [-0.3, -0.25) is 4.79 Å². The molecule has 0 spiro atoms. The van der Waals surface area contributed by atoms with Crippen LogP contribution in [0.5, 0.6) is 0 Å². The van der Waals surface area contributed by atoms with E-state index in [1.54, 1.807) is 23.9 Å². The van der Waals surface area contributed by atoms with Crippen LogP contribution in [0.15, 0.2) is 29.2 Å². The number of carbonyl (C=O) groups is 1. The Morgan fingerprint density at radius 1 is 1.26 bits per heavy atom. The van der Waals surface area contributed by atoms with Crippen molar-refractivity contribution < 1.29 is 18.3 Å². The number of sulfone groups is 1. The Hall–Kier alpha value is -1.01. The first kappa shape index (κ1) is 16.0. The molecule has 1 aromatic rings. The largest absolute Gasteiger partial charge is 0.481 e. The van der Waals surface area contributed by atoms with E-state index in [1.807, 2.05) is 6.92 Å². The summed E-state index contributed by atoms with van der Waals surface area (Å²) in [5.41, 5.74) is 0.605. The molecular weight excluding hydrogens is 284 g/mol. The molecule has 0 aliphatic rings. The zero-order valence-corrected chi connectivity index (χ0v) is 12.5. The summed E-state index contributed by atoms with van der Waals surface area (Å²) in [6.07, 6.45) is 0.547. The topological polar surface area (TPSA) is 71.4 Å². The molecule has 4 nitrogen and oxygen atoms in total. The summed E-state index contributed by atoms with van der Waals surface area (Å²) in [5, 5.41) is 8.64. The predicted octanol–water partition coefficient (Wildman–Crippen LogP) is 2.23. The van der Waals surface area contributed by atoms with Gasteiger partial charge in [0.25, 0.3) is 0 Å². The highest BCUT2D eigenvalue weighted by molar-refractivity contribution is 7.99. The molecule has 1 aromatic carbocycles. The summed E-state index contributed by atoms with van der Waals surface area (Å²) in [7, 11) is -3.25. The van der Waals surface area contributed by atoms with Crippen LogP contribution in [0.3, 0.4) is 0 Å². The molecule has 0 saturated heterocycles. The van der Waals surface area contributed by atoms with Crippen molar-refractivity contribution in [2.45, 2.75) is 24.7 Å². The molecule has 0 aliphatic heterocycles. The van der Waals surface area contributed by atoms with E-state index < -0.39 is 15.8 Å². The van der Waals surface area contributed by atoms with Crippen LogP contribution in [0, 0.1) is 0 Å². The lowest BCUT2D eigenvalue weighted by Crippen LogP contribution is -2.08. The first-order chi connectivity index (χ1) is 8.95. The second-order valence-corrected chi connectivity index (χ2v) is 7.59. The average molecular weight is 302 g/mol. The van der Waals surface area contributed by atoms with E-state index in [1.165, 1.54) is 12.1 Å². The van der Waals surface area contributed by atoms with Gasteiger partial charge in [0.2, 0.25) is 0 Å². The van der Waals surface area contributed by atoms with Crippen LogP contribution in [-0.2, 0) is 21.1 Å². The summed E-state index contributed by atoms with van der Waals surface area (Å²) in [6, 6.07) is 6.09. The normalized spacial score (nSPS) is 11.4. The first-order valence-corrected chi connectivity index (χ1v) is 8.87. The van der Waals surface area contributed by atoms with Gasteiger partial charge in [-0.25, -0.2) is 8.42 Å². The quantitative estimate of drug-likeness (QED) is 0.746. The molecular formula is C13H18O4S2. The van der Waals surface area contributed by atoms with Crippen molar-refractivity contribution in [2.24, 2.45) is 0 Å². The minimum Gasteiger partial charge on any atom is -0.481 e. The number of carboxylic acid groups (broad SMARTS) is 1. The maximum Gasteiger partial charge on any atom is 0.307 e. The number of aliphatic carboxylic acids is 1. The smallest absolute Gasteiger partial charge is 0.307 e. The molecule has 0 aliphatic carbocycles. The van der Waals surface area contributed by atoms with Gasteiger partial charge in [0, 0.05) is 0 Å². The summed E-state index contributed by atoms with van der Waals surface area (Å²) < 4.78 is 24.0. The maximum atomic E-state index is 12.0. The van der Waals surface area contributed by atoms with Crippen molar-refractivity contribution in [1.82, 2.24) is 0 Å². The molecule has 0 fully saturated rings. The lowest BCUT2D eigenvalue weighted by molar-refractivity contribution is -0.136. The highest BCUT2D eigenvalue weighted by Gasteiger charge is 2.14. The standard InChI is InChI=1S/C13H18O4S2/c1-2-18-8-3-9-19(16,17)12-6-4-11(5-7-12)10-13(14)15/h4-7H,2-3,8-10H2,1H3,(H,14,15). The molecule has 1 rings (SSSR count). The molecule has 0 heterocycles. The number of carboxylic acids is 1. The zero-order chi connectivity index (χ0) is 14.3. The third kappa shape index (κ3) is 5.65. The van der Waals surface area contributed by atoms with Gasteiger partial charge in [-0.1, -0.05) is 19.1 Å². The Morgan fingerprint density at radius 2 is 1.89 bits per heavy atom. The minimum atomic E-state index is -3.25. The van der Waals surface area contributed by atoms with E-state index in [2.05, 4.69) is 0 Å². The van der Waals surface area contributed by atoms with E-state index in [0.717, 1.165) is 11.5 Å². The van der Waals surface area contributed by atoms with E-state index in [0.29, 0.717) is 12.0 Å². The molecule has 6 heteroatoms. The van der Waals surface area contributed by atoms with Crippen molar-refractivity contribution in [2.75, 3.05) is 17.3 Å². The van der Waals surface area contributed by atoms with Crippen LogP contribution in [0.2, 0.25) is 0 Å². The fraction of sp³-hybridized carbons (Fsp3) is 0.462. The molecule has 0 atom stereocenters. The van der Waals surface area contributed by atoms with Gasteiger partial charge >= 0.3 is 5.97 Å². The van der Waals surface area contributed by atoms with Crippen molar-refractivity contribution in [3.05, 3.63) is 29.8 Å². The van der Waals surface area contributed by atoms with Gasteiger partial charge in [-0.05, 0) is 35.6 Å². The SMILES string of the molecule is CCSCCCS(=O)(=O)c1ccc(CC(=O)O)cc1. The molecule has 0 saturated carbocycles. The van der Waals surface area contributed by atoms with E-state index >= 15 is 0 Å². The van der Waals surface area contributed by atoms with Gasteiger partial charge in [-0.15, -0.1) is 0 Å². The summed E-state index contributed by atoms with van der Waals surface area (Å²) in [4.78, 5) is 10.8. The Morgan fingerprint density at radius 3 is 2.42 bits per heavy atom. The molecule has 0 unspecified atom stereocenters. The van der Waals surface area contributed by atoms with Crippen molar-refractivity contribution in [3.8, 4) is 0 Å². The fourth-order valence-electron chi connectivity index (χ4n) is 1.60. The third-order valence-electron chi connectivity index (χ3n) is 2.54. The first-order valence-electron chi connectivity index (χ1n) is 6.07. The second-order valence-electron chi connectivity index (χ2n) is 4.08. The Kier molecular flexibility index (Phi) is 6.37. The molecule has 0 radical (unpaired) electrons. The molecule has 1 N–H and O–H groups in total. The summed E-state index contributed by atoms with van der Waals surface area (Å²) in [5.74, 6) is 1.04. The van der Waals surface area contributed by atoms with Gasteiger partial charge in [-0.2, -0.15) is 11.8 Å². The lowest BCUT2D eigenvalue weighted by Gasteiger charge is -2.05. The highest BCUT2D eigenvalue weighted by Crippen LogP contribution is 2.15. The van der Waals surface area contributed by atoms with E-state index in [9.17, 15) is 13.2 Å². The number of thioether (sulfide) groups is 1. The fourth-order valence-corrected chi connectivity index (χ4v) is 3.73. The van der Waals surface area contributed by atoms with Gasteiger partial charge in [0.1, 0.15) is 0 Å². The van der Waals surface area contributed by atoms with E-state index in [4.69, 9.17) is 5.11 Å². The Balaban J connectivity index is 2.65. The number of rotatable bonds is 8. The lowest BCUT2D eigenvalue weighted by atomic mass is 10.2. The van der Waals surface area contributed by atoms with Gasteiger partial charge < -0.3 is 5.11 Å². The minimum absolute atomic E-state index is 0.0898. The molecule has 0 bridgehead atoms. The van der Waals surface area contributed by atoms with Crippen LogP contribution in [0.1, 0.15) is 18.9 Å². The van der Waals surface area contributed by atoms with Crippen LogP contribution >= 0.6 is 11.8 Å². The molecule has 19 heavy (non-hydrogen) atoms. The van der Waals surface area contributed by atoms with E-state index in [-0.39, 0.29) is 17.1 Å². The van der Waals surface area contributed by atoms with Gasteiger partial charge in [0.05, 0.1) is 17.1 Å². The molecule has 0 amide bonds. The van der Waals surface area contributed by atoms with Crippen LogP contribution < -0.4 is 0 Å². The average Bonchev–Trinajstić information content (AvgIpc) is 2.35. The maximum absolute atomic E-state index is 12.0. The predicted molar refractivity (Wildman–Crippen MR) is 77.5 cm³/mol. The summed E-state index contributed by atoms with van der Waals surface area (Å²) in [6.45, 7) is 2.04. The van der Waals surface area contributed by atoms with Crippen molar-refractivity contribution in [1.29, 1.82) is 0 Å². The number of benzene rings is 1. The second kappa shape index (κ2) is 7.55.